The van der Waals surface area contributed by atoms with Crippen molar-refractivity contribution in [3.63, 3.8) is 0 Å². The Morgan fingerprint density at radius 3 is 2.21 bits per heavy atom. The van der Waals surface area contributed by atoms with E-state index in [0.29, 0.717) is 29.6 Å². The molecule has 1 amide bonds. The van der Waals surface area contributed by atoms with E-state index in [1.165, 1.54) is 22.5 Å². The Labute approximate surface area is 220 Å². The zero-order valence-corrected chi connectivity index (χ0v) is 21.6. The SMILES string of the molecule is CCc1cccc(CNCC(O)C(Cc2cc(F)cc(F)c2)NC(=O)C(CC)n2nc3ccccc3n2)c1. The highest BCUT2D eigenvalue weighted by Gasteiger charge is 2.28. The molecule has 3 unspecified atom stereocenters. The second-order valence-corrected chi connectivity index (χ2v) is 9.40. The van der Waals surface area contributed by atoms with Gasteiger partial charge in [-0.2, -0.15) is 15.0 Å². The van der Waals surface area contributed by atoms with E-state index in [4.69, 9.17) is 0 Å². The zero-order chi connectivity index (χ0) is 27.1. The summed E-state index contributed by atoms with van der Waals surface area (Å²) in [5.74, 6) is -1.82. The monoisotopic (exact) mass is 521 g/mol. The van der Waals surface area contributed by atoms with Crippen molar-refractivity contribution in [2.45, 2.75) is 57.8 Å². The third-order valence-electron chi connectivity index (χ3n) is 6.52. The summed E-state index contributed by atoms with van der Waals surface area (Å²) in [6.07, 6.45) is 0.353. The molecule has 0 aliphatic carbocycles. The summed E-state index contributed by atoms with van der Waals surface area (Å²) >= 11 is 0. The number of aliphatic hydroxyl groups is 1. The molecule has 3 aromatic carbocycles. The van der Waals surface area contributed by atoms with E-state index >= 15 is 0 Å². The van der Waals surface area contributed by atoms with Crippen LogP contribution in [0.1, 0.15) is 43.0 Å². The van der Waals surface area contributed by atoms with Crippen molar-refractivity contribution in [3.05, 3.63) is 95.1 Å². The van der Waals surface area contributed by atoms with Crippen LogP contribution in [0.5, 0.6) is 0 Å². The summed E-state index contributed by atoms with van der Waals surface area (Å²) in [4.78, 5) is 14.7. The van der Waals surface area contributed by atoms with E-state index in [1.807, 2.05) is 43.3 Å². The lowest BCUT2D eigenvalue weighted by Gasteiger charge is -2.27. The Morgan fingerprint density at radius 1 is 0.921 bits per heavy atom. The molecule has 7 nitrogen and oxygen atoms in total. The molecule has 0 aliphatic heterocycles. The van der Waals surface area contributed by atoms with Crippen molar-refractivity contribution in [2.24, 2.45) is 0 Å². The van der Waals surface area contributed by atoms with Crippen molar-refractivity contribution in [1.82, 2.24) is 25.6 Å². The molecular formula is C29H33F2N5O2. The van der Waals surface area contributed by atoms with Gasteiger partial charge in [0.05, 0.1) is 12.1 Å². The Bertz CT molecular complexity index is 1320. The van der Waals surface area contributed by atoms with Crippen LogP contribution in [-0.4, -0.2) is 44.7 Å². The molecule has 0 radical (unpaired) electrons. The van der Waals surface area contributed by atoms with Crippen LogP contribution in [0.3, 0.4) is 0 Å². The molecule has 0 saturated heterocycles. The van der Waals surface area contributed by atoms with Gasteiger partial charge >= 0.3 is 0 Å². The fourth-order valence-electron chi connectivity index (χ4n) is 4.48. The lowest BCUT2D eigenvalue weighted by atomic mass is 10.00. The van der Waals surface area contributed by atoms with E-state index < -0.39 is 29.8 Å². The van der Waals surface area contributed by atoms with Crippen molar-refractivity contribution in [1.29, 1.82) is 0 Å². The molecule has 3 N–H and O–H groups in total. The number of halogens is 2. The van der Waals surface area contributed by atoms with Gasteiger partial charge in [0.15, 0.2) is 0 Å². The second-order valence-electron chi connectivity index (χ2n) is 9.40. The molecule has 0 saturated carbocycles. The lowest BCUT2D eigenvalue weighted by Crippen LogP contribution is -2.50. The van der Waals surface area contributed by atoms with Crippen LogP contribution >= 0.6 is 0 Å². The first kappa shape index (κ1) is 27.3. The average molecular weight is 522 g/mol. The second kappa shape index (κ2) is 12.7. The topological polar surface area (TPSA) is 92.1 Å². The van der Waals surface area contributed by atoms with Gasteiger partial charge in [0.2, 0.25) is 5.91 Å². The number of benzene rings is 3. The molecule has 4 rings (SSSR count). The van der Waals surface area contributed by atoms with Gasteiger partial charge in [-0.1, -0.05) is 50.2 Å². The number of carbonyl (C=O) groups excluding carboxylic acids is 1. The standard InChI is InChI=1S/C29H33F2N5O2/c1-3-19-8-7-9-20(12-19)17-32-18-28(37)26(15-21-13-22(30)16-23(31)14-21)33-29(38)27(4-2)36-34-24-10-5-6-11-25(24)35-36/h5-14,16,26-28,32,37H,3-4,15,17-18H2,1-2H3,(H,33,38). The van der Waals surface area contributed by atoms with E-state index in [1.54, 1.807) is 0 Å². The van der Waals surface area contributed by atoms with Crippen LogP contribution in [0.2, 0.25) is 0 Å². The lowest BCUT2D eigenvalue weighted by molar-refractivity contribution is -0.126. The zero-order valence-electron chi connectivity index (χ0n) is 21.6. The molecule has 0 bridgehead atoms. The first-order valence-electron chi connectivity index (χ1n) is 12.9. The molecule has 1 aromatic heterocycles. The van der Waals surface area contributed by atoms with Gasteiger partial charge in [0.1, 0.15) is 28.7 Å². The molecular weight excluding hydrogens is 488 g/mol. The molecule has 200 valence electrons. The quantitative estimate of drug-likeness (QED) is 0.261. The van der Waals surface area contributed by atoms with Gasteiger partial charge in [-0.15, -0.1) is 0 Å². The summed E-state index contributed by atoms with van der Waals surface area (Å²) in [5.41, 5.74) is 3.96. The fourth-order valence-corrected chi connectivity index (χ4v) is 4.48. The van der Waals surface area contributed by atoms with E-state index in [2.05, 4.69) is 39.9 Å². The predicted molar refractivity (Wildman–Crippen MR) is 142 cm³/mol. The largest absolute Gasteiger partial charge is 0.390 e. The van der Waals surface area contributed by atoms with E-state index in [9.17, 15) is 18.7 Å². The number of aromatic nitrogens is 3. The fraction of sp³-hybridized carbons (Fsp3) is 0.345. The summed E-state index contributed by atoms with van der Waals surface area (Å²) in [5, 5.41) is 26.1. The summed E-state index contributed by atoms with van der Waals surface area (Å²) in [7, 11) is 0. The molecule has 1 heterocycles. The van der Waals surface area contributed by atoms with Gasteiger partial charge in [-0.25, -0.2) is 8.78 Å². The van der Waals surface area contributed by atoms with Gasteiger partial charge < -0.3 is 15.7 Å². The maximum absolute atomic E-state index is 13.9. The van der Waals surface area contributed by atoms with E-state index in [-0.39, 0.29) is 18.9 Å². The molecule has 38 heavy (non-hydrogen) atoms. The van der Waals surface area contributed by atoms with Crippen molar-refractivity contribution < 1.29 is 18.7 Å². The molecule has 3 atom stereocenters. The maximum Gasteiger partial charge on any atom is 0.247 e. The smallest absolute Gasteiger partial charge is 0.247 e. The van der Waals surface area contributed by atoms with Crippen LogP contribution in [0.25, 0.3) is 11.0 Å². The van der Waals surface area contributed by atoms with Crippen LogP contribution in [0.15, 0.2) is 66.7 Å². The summed E-state index contributed by atoms with van der Waals surface area (Å²) < 4.78 is 27.8. The van der Waals surface area contributed by atoms with Crippen LogP contribution < -0.4 is 10.6 Å². The highest BCUT2D eigenvalue weighted by atomic mass is 19.1. The normalized spacial score (nSPS) is 13.8. The number of nitrogens with zero attached hydrogens (tertiary/aromatic N) is 3. The van der Waals surface area contributed by atoms with Gasteiger partial charge in [-0.05, 0) is 60.2 Å². The number of carbonyl (C=O) groups is 1. The minimum Gasteiger partial charge on any atom is -0.390 e. The van der Waals surface area contributed by atoms with Gasteiger partial charge in [0, 0.05) is 19.2 Å². The minimum absolute atomic E-state index is 0.0412. The van der Waals surface area contributed by atoms with Crippen molar-refractivity contribution >= 4 is 16.9 Å². The number of rotatable bonds is 12. The number of amides is 1. The first-order valence-corrected chi connectivity index (χ1v) is 12.9. The van der Waals surface area contributed by atoms with Gasteiger partial charge in [0.25, 0.3) is 0 Å². The van der Waals surface area contributed by atoms with Gasteiger partial charge in [-0.3, -0.25) is 4.79 Å². The number of fused-ring (bicyclic) bond motifs is 1. The average Bonchev–Trinajstić information content (AvgIpc) is 3.32. The van der Waals surface area contributed by atoms with Crippen LogP contribution in [0, 0.1) is 11.6 Å². The summed E-state index contributed by atoms with van der Waals surface area (Å²) in [6, 6.07) is 17.2. The molecule has 0 aliphatic rings. The number of aryl methyl sites for hydroxylation is 1. The number of nitrogens with one attached hydrogen (secondary N) is 2. The number of aliphatic hydroxyl groups excluding tert-OH is 1. The third-order valence-corrected chi connectivity index (χ3v) is 6.52. The molecule has 4 aromatic rings. The number of hydrogen-bond donors (Lipinski definition) is 3. The molecule has 0 fully saturated rings. The van der Waals surface area contributed by atoms with Crippen LogP contribution in [0.4, 0.5) is 8.78 Å². The van der Waals surface area contributed by atoms with Crippen molar-refractivity contribution in [2.75, 3.05) is 6.54 Å². The van der Waals surface area contributed by atoms with Crippen LogP contribution in [-0.2, 0) is 24.2 Å². The summed E-state index contributed by atoms with van der Waals surface area (Å²) in [6.45, 7) is 4.63. The molecule has 9 heteroatoms. The Kier molecular flexibility index (Phi) is 9.15. The van der Waals surface area contributed by atoms with E-state index in [0.717, 1.165) is 18.1 Å². The minimum atomic E-state index is -1.03. The predicted octanol–water partition coefficient (Wildman–Crippen LogP) is 4.10. The Balaban J connectivity index is 1.49. The first-order chi connectivity index (χ1) is 18.4. The highest BCUT2D eigenvalue weighted by Crippen LogP contribution is 2.17. The number of hydrogen-bond acceptors (Lipinski definition) is 5. The highest BCUT2D eigenvalue weighted by molar-refractivity contribution is 5.81. The Morgan fingerprint density at radius 2 is 1.58 bits per heavy atom. The van der Waals surface area contributed by atoms with Crippen molar-refractivity contribution in [3.8, 4) is 0 Å². The molecule has 0 spiro atoms. The maximum atomic E-state index is 13.9. The Hall–Kier alpha value is -3.69. The third kappa shape index (κ3) is 6.99.